The number of nitrogens with zero attached hydrogens (tertiary/aromatic N) is 2. The Morgan fingerprint density at radius 2 is 1.64 bits per heavy atom. The molecule has 0 unspecified atom stereocenters. The highest BCUT2D eigenvalue weighted by Crippen LogP contribution is 2.09. The Morgan fingerprint density at radius 3 is 2.29 bits per heavy atom. The maximum absolute atomic E-state index is 4.55. The first kappa shape index (κ1) is 10.9. The van der Waals surface area contributed by atoms with Crippen LogP contribution in [0.3, 0.4) is 0 Å². The molecule has 14 heavy (non-hydrogen) atoms. The summed E-state index contributed by atoms with van der Waals surface area (Å²) in [7, 11) is 0. The van der Waals surface area contributed by atoms with Crippen LogP contribution in [0.4, 0.5) is 0 Å². The van der Waals surface area contributed by atoms with E-state index in [0.29, 0.717) is 0 Å². The number of hydrogen-bond donors (Lipinski definition) is 0. The predicted molar refractivity (Wildman–Crippen MR) is 59.4 cm³/mol. The Kier molecular flexibility index (Phi) is 3.81. The van der Waals surface area contributed by atoms with Crippen LogP contribution >= 0.6 is 0 Å². The molecule has 0 radical (unpaired) electrons. The first-order valence-electron chi connectivity index (χ1n) is 5.07. The molecule has 0 saturated heterocycles. The van der Waals surface area contributed by atoms with E-state index in [4.69, 9.17) is 0 Å². The van der Waals surface area contributed by atoms with Crippen molar-refractivity contribution in [2.75, 3.05) is 0 Å². The van der Waals surface area contributed by atoms with Crippen LogP contribution in [0.5, 0.6) is 0 Å². The van der Waals surface area contributed by atoms with Crippen LogP contribution in [-0.2, 0) is 6.42 Å². The zero-order valence-corrected chi connectivity index (χ0v) is 9.46. The van der Waals surface area contributed by atoms with Crippen molar-refractivity contribution >= 4 is 0 Å². The van der Waals surface area contributed by atoms with E-state index in [0.717, 1.165) is 35.6 Å². The van der Waals surface area contributed by atoms with Crippen LogP contribution < -0.4 is 0 Å². The van der Waals surface area contributed by atoms with E-state index < -0.39 is 0 Å². The maximum atomic E-state index is 4.55. The molecule has 0 saturated carbocycles. The molecular weight excluding hydrogens is 172 g/mol. The maximum Gasteiger partial charge on any atom is 0.0622 e. The molecule has 0 aromatic carbocycles. The molecule has 2 heteroatoms. The van der Waals surface area contributed by atoms with Crippen LogP contribution in [0.2, 0.25) is 0 Å². The fourth-order valence-corrected chi connectivity index (χ4v) is 1.38. The van der Waals surface area contributed by atoms with Gasteiger partial charge in [0.15, 0.2) is 0 Å². The van der Waals surface area contributed by atoms with Gasteiger partial charge in [0.2, 0.25) is 0 Å². The Balaban J connectivity index is 2.81. The third-order valence-corrected chi connectivity index (χ3v) is 2.36. The Bertz CT molecular complexity index is 340. The van der Waals surface area contributed by atoms with Gasteiger partial charge in [-0.2, -0.15) is 0 Å². The average molecular weight is 190 g/mol. The van der Waals surface area contributed by atoms with Crippen molar-refractivity contribution in [1.29, 1.82) is 0 Å². The molecule has 1 aromatic heterocycles. The summed E-state index contributed by atoms with van der Waals surface area (Å²) in [4.78, 5) is 9.01. The summed E-state index contributed by atoms with van der Waals surface area (Å²) in [6.07, 6.45) is 6.28. The molecule has 0 aliphatic heterocycles. The quantitative estimate of drug-likeness (QED) is 0.685. The first-order chi connectivity index (χ1) is 6.65. The summed E-state index contributed by atoms with van der Waals surface area (Å²) >= 11 is 0. The minimum Gasteiger partial charge on any atom is -0.255 e. The predicted octanol–water partition coefficient (Wildman–Crippen LogP) is 2.91. The number of hydrogen-bond acceptors (Lipinski definition) is 2. The minimum atomic E-state index is 0.990. The van der Waals surface area contributed by atoms with E-state index >= 15 is 0 Å². The molecule has 1 rings (SSSR count). The average Bonchev–Trinajstić information content (AvgIpc) is 2.14. The molecule has 0 spiro atoms. The summed E-state index contributed by atoms with van der Waals surface area (Å²) < 4.78 is 0. The van der Waals surface area contributed by atoms with Gasteiger partial charge >= 0.3 is 0 Å². The summed E-state index contributed by atoms with van der Waals surface area (Å²) in [5.41, 5.74) is 4.28. The molecule has 0 fully saturated rings. The Labute approximate surface area is 86.1 Å². The van der Waals surface area contributed by atoms with E-state index in [1.54, 1.807) is 0 Å². The van der Waals surface area contributed by atoms with Gasteiger partial charge in [0.25, 0.3) is 0 Å². The lowest BCUT2D eigenvalue weighted by Gasteiger charge is -2.06. The summed E-state index contributed by atoms with van der Waals surface area (Å²) in [6, 6.07) is 0. The standard InChI is InChI=1S/C12H18N2/c1-5-6-7-8-12-11(4)13-9(2)10(3)14-12/h5-6H,7-8H2,1-4H3/b6-5+. The third kappa shape index (κ3) is 2.66. The smallest absolute Gasteiger partial charge is 0.0622 e. The second-order valence-corrected chi connectivity index (χ2v) is 3.53. The van der Waals surface area contributed by atoms with E-state index in [1.807, 2.05) is 27.7 Å². The van der Waals surface area contributed by atoms with E-state index in [-0.39, 0.29) is 0 Å². The lowest BCUT2D eigenvalue weighted by Crippen LogP contribution is -2.02. The molecule has 0 aliphatic carbocycles. The molecule has 2 nitrogen and oxygen atoms in total. The van der Waals surface area contributed by atoms with Crippen LogP contribution in [0.1, 0.15) is 36.1 Å². The van der Waals surface area contributed by atoms with Crippen molar-refractivity contribution in [3.63, 3.8) is 0 Å². The van der Waals surface area contributed by atoms with Crippen molar-refractivity contribution in [3.8, 4) is 0 Å². The number of aromatic nitrogens is 2. The molecule has 0 aliphatic rings. The SMILES string of the molecule is C/C=C/CCc1nc(C)c(C)nc1C. The van der Waals surface area contributed by atoms with Crippen LogP contribution in [0.25, 0.3) is 0 Å². The van der Waals surface area contributed by atoms with Gasteiger partial charge in [0.05, 0.1) is 22.8 Å². The molecule has 0 amide bonds. The zero-order chi connectivity index (χ0) is 10.6. The summed E-state index contributed by atoms with van der Waals surface area (Å²) in [5.74, 6) is 0. The van der Waals surface area contributed by atoms with Crippen molar-refractivity contribution < 1.29 is 0 Å². The molecule has 0 atom stereocenters. The number of rotatable bonds is 3. The normalized spacial score (nSPS) is 11.1. The van der Waals surface area contributed by atoms with E-state index in [2.05, 4.69) is 22.1 Å². The van der Waals surface area contributed by atoms with Crippen molar-refractivity contribution in [2.24, 2.45) is 0 Å². The van der Waals surface area contributed by atoms with Gasteiger partial charge in [-0.05, 0) is 40.5 Å². The van der Waals surface area contributed by atoms with E-state index in [1.165, 1.54) is 0 Å². The third-order valence-electron chi connectivity index (χ3n) is 2.36. The van der Waals surface area contributed by atoms with Gasteiger partial charge in [0.1, 0.15) is 0 Å². The molecule has 76 valence electrons. The molecule has 1 heterocycles. The highest BCUT2D eigenvalue weighted by atomic mass is 14.8. The van der Waals surface area contributed by atoms with E-state index in [9.17, 15) is 0 Å². The minimum absolute atomic E-state index is 0.990. The highest BCUT2D eigenvalue weighted by molar-refractivity contribution is 5.18. The van der Waals surface area contributed by atoms with Crippen molar-refractivity contribution in [1.82, 2.24) is 9.97 Å². The van der Waals surface area contributed by atoms with Crippen molar-refractivity contribution in [2.45, 2.75) is 40.5 Å². The Morgan fingerprint density at radius 1 is 1.00 bits per heavy atom. The van der Waals surface area contributed by atoms with Gasteiger partial charge in [-0.25, -0.2) is 0 Å². The molecular formula is C12H18N2. The zero-order valence-electron chi connectivity index (χ0n) is 9.46. The highest BCUT2D eigenvalue weighted by Gasteiger charge is 2.03. The Hall–Kier alpha value is -1.18. The second kappa shape index (κ2) is 4.89. The van der Waals surface area contributed by atoms with Gasteiger partial charge in [-0.15, -0.1) is 0 Å². The summed E-state index contributed by atoms with van der Waals surface area (Å²) in [5, 5.41) is 0. The molecule has 1 aromatic rings. The fraction of sp³-hybridized carbons (Fsp3) is 0.500. The van der Waals surface area contributed by atoms with Gasteiger partial charge in [-0.3, -0.25) is 9.97 Å². The molecule has 0 bridgehead atoms. The topological polar surface area (TPSA) is 25.8 Å². The van der Waals surface area contributed by atoms with Crippen molar-refractivity contribution in [3.05, 3.63) is 34.9 Å². The second-order valence-electron chi connectivity index (χ2n) is 3.53. The fourth-order valence-electron chi connectivity index (χ4n) is 1.38. The first-order valence-corrected chi connectivity index (χ1v) is 5.07. The number of aryl methyl sites for hydroxylation is 4. The monoisotopic (exact) mass is 190 g/mol. The number of allylic oxidation sites excluding steroid dienone is 2. The van der Waals surface area contributed by atoms with Gasteiger partial charge in [0, 0.05) is 0 Å². The van der Waals surface area contributed by atoms with Crippen LogP contribution in [-0.4, -0.2) is 9.97 Å². The van der Waals surface area contributed by atoms with Gasteiger partial charge in [-0.1, -0.05) is 12.2 Å². The molecule has 0 N–H and O–H groups in total. The lowest BCUT2D eigenvalue weighted by molar-refractivity contribution is 0.864. The van der Waals surface area contributed by atoms with Crippen LogP contribution in [0, 0.1) is 20.8 Å². The lowest BCUT2D eigenvalue weighted by atomic mass is 10.1. The summed E-state index contributed by atoms with van der Waals surface area (Å²) in [6.45, 7) is 8.09. The van der Waals surface area contributed by atoms with Gasteiger partial charge < -0.3 is 0 Å². The largest absolute Gasteiger partial charge is 0.255 e. The van der Waals surface area contributed by atoms with Crippen LogP contribution in [0.15, 0.2) is 12.2 Å².